The van der Waals surface area contributed by atoms with Gasteiger partial charge in [-0.25, -0.2) is 9.78 Å². The minimum absolute atomic E-state index is 0.0199. The number of hydrogen-bond acceptors (Lipinski definition) is 7. The van der Waals surface area contributed by atoms with Gasteiger partial charge in [-0.3, -0.25) is 19.2 Å². The molecule has 14 nitrogen and oxygen atoms in total. The first kappa shape index (κ1) is 30.8. The van der Waals surface area contributed by atoms with Crippen molar-refractivity contribution >= 4 is 40.6 Å². The molecule has 0 aliphatic rings. The monoisotopic (exact) mass is 569 g/mol. The van der Waals surface area contributed by atoms with Gasteiger partial charge in [-0.2, -0.15) is 0 Å². The quantitative estimate of drug-likeness (QED) is 0.123. The fourth-order valence-corrected chi connectivity index (χ4v) is 4.20. The van der Waals surface area contributed by atoms with Gasteiger partial charge in [-0.1, -0.05) is 32.0 Å². The van der Waals surface area contributed by atoms with Crippen molar-refractivity contribution in [1.29, 1.82) is 0 Å². The summed E-state index contributed by atoms with van der Waals surface area (Å²) in [5.74, 6) is -4.98. The van der Waals surface area contributed by atoms with Gasteiger partial charge >= 0.3 is 11.9 Å². The highest BCUT2D eigenvalue weighted by Crippen LogP contribution is 2.19. The molecule has 3 amide bonds. The zero-order chi connectivity index (χ0) is 30.1. The number of H-pyrrole nitrogens is 2. The molecule has 0 fully saturated rings. The molecule has 2 heterocycles. The summed E-state index contributed by atoms with van der Waals surface area (Å²) in [7, 11) is 0. The summed E-state index contributed by atoms with van der Waals surface area (Å²) in [6, 6.07) is 2.42. The van der Waals surface area contributed by atoms with Crippen LogP contribution in [0.3, 0.4) is 0 Å². The molecule has 2 aromatic heterocycles. The Balaban J connectivity index is 1.78. The third-order valence-corrected chi connectivity index (χ3v) is 6.63. The molecule has 0 saturated heterocycles. The Kier molecular flexibility index (Phi) is 10.6. The van der Waals surface area contributed by atoms with Crippen molar-refractivity contribution in [1.82, 2.24) is 30.9 Å². The molecule has 0 spiro atoms. The Hall–Kier alpha value is -4.72. The lowest BCUT2D eigenvalue weighted by Gasteiger charge is -2.25. The molecule has 1 aromatic carbocycles. The van der Waals surface area contributed by atoms with E-state index in [4.69, 9.17) is 5.73 Å². The van der Waals surface area contributed by atoms with Crippen LogP contribution in [-0.2, 0) is 36.8 Å². The molecular formula is C27H35N7O7. The summed E-state index contributed by atoms with van der Waals surface area (Å²) in [5.41, 5.74) is 7.90. The zero-order valence-electron chi connectivity index (χ0n) is 22.7. The van der Waals surface area contributed by atoms with Gasteiger partial charge in [0.05, 0.1) is 12.4 Å². The van der Waals surface area contributed by atoms with E-state index in [1.54, 1.807) is 26.1 Å². The second kappa shape index (κ2) is 14.1. The number of amides is 3. The normalized spacial score (nSPS) is 14.1. The fraction of sp³-hybridized carbons (Fsp3) is 0.407. The first-order chi connectivity index (χ1) is 19.5. The number of carbonyl (C=O) groups excluding carboxylic acids is 3. The molecule has 0 aliphatic carbocycles. The number of nitrogens with one attached hydrogen (secondary N) is 5. The number of fused-ring (bicyclic) bond motifs is 1. The van der Waals surface area contributed by atoms with Crippen LogP contribution < -0.4 is 21.7 Å². The van der Waals surface area contributed by atoms with Crippen LogP contribution in [0.1, 0.15) is 37.9 Å². The molecule has 0 aliphatic heterocycles. The highest BCUT2D eigenvalue weighted by atomic mass is 16.4. The topological polar surface area (TPSA) is 232 Å². The Morgan fingerprint density at radius 3 is 2.20 bits per heavy atom. The molecule has 0 saturated carbocycles. The molecule has 9 N–H and O–H groups in total. The van der Waals surface area contributed by atoms with Gasteiger partial charge in [-0.05, 0) is 24.0 Å². The molecule has 4 atom stereocenters. The average molecular weight is 570 g/mol. The van der Waals surface area contributed by atoms with Gasteiger partial charge in [0.15, 0.2) is 0 Å². The number of nitrogens with zero attached hydrogens (tertiary/aromatic N) is 1. The number of rotatable bonds is 15. The number of carboxylic acids is 2. The second-order valence-corrected chi connectivity index (χ2v) is 10.1. The fourth-order valence-electron chi connectivity index (χ4n) is 4.20. The molecule has 41 heavy (non-hydrogen) atoms. The zero-order valence-corrected chi connectivity index (χ0v) is 22.7. The summed E-state index contributed by atoms with van der Waals surface area (Å²) >= 11 is 0. The number of nitrogens with two attached hydrogens (primary N) is 1. The average Bonchev–Trinajstić information content (AvgIpc) is 3.59. The maximum absolute atomic E-state index is 13.3. The number of aliphatic carboxylic acids is 2. The SMILES string of the molecule is CC(C)C(N)C(=O)NC(Cc1cnc[nH]1)C(=O)NC(CCC(=O)O)C(=O)NC(Cc1c[nH]c2ccccc12)C(=O)O. The molecule has 0 radical (unpaired) electrons. The molecule has 4 unspecified atom stereocenters. The lowest BCUT2D eigenvalue weighted by atomic mass is 10.0. The lowest BCUT2D eigenvalue weighted by Crippen LogP contribution is -2.58. The summed E-state index contributed by atoms with van der Waals surface area (Å²) in [6.07, 6.45) is 3.64. The second-order valence-electron chi connectivity index (χ2n) is 10.1. The first-order valence-corrected chi connectivity index (χ1v) is 13.1. The van der Waals surface area contributed by atoms with Crippen LogP contribution in [0, 0.1) is 5.92 Å². The van der Waals surface area contributed by atoms with E-state index in [0.717, 1.165) is 10.9 Å². The van der Waals surface area contributed by atoms with Crippen LogP contribution in [0.2, 0.25) is 0 Å². The van der Waals surface area contributed by atoms with Crippen molar-refractivity contribution in [3.05, 3.63) is 54.2 Å². The molecule has 220 valence electrons. The largest absolute Gasteiger partial charge is 0.481 e. The van der Waals surface area contributed by atoms with Crippen molar-refractivity contribution in [2.45, 2.75) is 63.7 Å². The van der Waals surface area contributed by atoms with Gasteiger partial charge in [0.1, 0.15) is 18.1 Å². The maximum Gasteiger partial charge on any atom is 0.326 e. The van der Waals surface area contributed by atoms with E-state index in [0.29, 0.717) is 11.3 Å². The van der Waals surface area contributed by atoms with E-state index < -0.39 is 60.2 Å². The van der Waals surface area contributed by atoms with Gasteiger partial charge in [0.2, 0.25) is 17.7 Å². The minimum Gasteiger partial charge on any atom is -0.481 e. The van der Waals surface area contributed by atoms with E-state index in [1.807, 2.05) is 18.2 Å². The Morgan fingerprint density at radius 2 is 1.56 bits per heavy atom. The van der Waals surface area contributed by atoms with Crippen LogP contribution in [0.4, 0.5) is 0 Å². The summed E-state index contributed by atoms with van der Waals surface area (Å²) in [4.78, 5) is 72.4. The van der Waals surface area contributed by atoms with Crippen LogP contribution in [0.15, 0.2) is 43.0 Å². The van der Waals surface area contributed by atoms with E-state index in [1.165, 1.54) is 12.5 Å². The number of imidazole rings is 1. The number of aromatic amines is 2. The molecule has 3 aromatic rings. The molecule has 3 rings (SSSR count). The van der Waals surface area contributed by atoms with Crippen molar-refractivity contribution < 1.29 is 34.2 Å². The number of carboxylic acid groups (broad SMARTS) is 2. The standard InChI is InChI=1S/C27H35N7O7/c1-14(2)23(28)26(39)33-20(10-16-12-29-13-31-16)25(38)32-19(7-8-22(35)36)24(37)34-21(27(40)41)9-15-11-30-18-6-4-3-5-17(15)18/h3-6,11-14,19-21,23,30H,7-10,28H2,1-2H3,(H,29,31)(H,32,38)(H,33,39)(H,34,37)(H,35,36)(H,40,41). The molecular weight excluding hydrogens is 534 g/mol. The molecule has 0 bridgehead atoms. The van der Waals surface area contributed by atoms with E-state index in [2.05, 4.69) is 30.9 Å². The third-order valence-electron chi connectivity index (χ3n) is 6.63. The number of benzene rings is 1. The van der Waals surface area contributed by atoms with Gasteiger partial charge in [-0.15, -0.1) is 0 Å². The van der Waals surface area contributed by atoms with Crippen molar-refractivity contribution in [3.8, 4) is 0 Å². The highest BCUT2D eigenvalue weighted by Gasteiger charge is 2.31. The van der Waals surface area contributed by atoms with Gasteiger partial charge in [0, 0.05) is 48.3 Å². The van der Waals surface area contributed by atoms with E-state index in [9.17, 15) is 34.2 Å². The van der Waals surface area contributed by atoms with Crippen molar-refractivity contribution in [3.63, 3.8) is 0 Å². The van der Waals surface area contributed by atoms with Crippen LogP contribution in [0.5, 0.6) is 0 Å². The smallest absolute Gasteiger partial charge is 0.326 e. The predicted molar refractivity (Wildman–Crippen MR) is 147 cm³/mol. The Morgan fingerprint density at radius 1 is 0.902 bits per heavy atom. The van der Waals surface area contributed by atoms with Crippen LogP contribution >= 0.6 is 0 Å². The summed E-state index contributed by atoms with van der Waals surface area (Å²) in [5, 5.41) is 27.3. The maximum atomic E-state index is 13.3. The predicted octanol–water partition coefficient (Wildman–Crippen LogP) is 0.0633. The molecule has 14 heteroatoms. The number of para-hydroxylation sites is 1. The highest BCUT2D eigenvalue weighted by molar-refractivity contribution is 5.94. The van der Waals surface area contributed by atoms with Gasteiger partial charge < -0.3 is 41.9 Å². The first-order valence-electron chi connectivity index (χ1n) is 13.1. The minimum atomic E-state index is -1.40. The van der Waals surface area contributed by atoms with E-state index >= 15 is 0 Å². The summed E-state index contributed by atoms with van der Waals surface area (Å²) < 4.78 is 0. The number of carbonyl (C=O) groups is 5. The number of aromatic nitrogens is 3. The lowest BCUT2D eigenvalue weighted by molar-refractivity contribution is -0.143. The van der Waals surface area contributed by atoms with Gasteiger partial charge in [0.25, 0.3) is 0 Å². The third kappa shape index (κ3) is 8.63. The summed E-state index contributed by atoms with van der Waals surface area (Å²) in [6.45, 7) is 3.49. The Bertz CT molecular complexity index is 1370. The van der Waals surface area contributed by atoms with Crippen LogP contribution in [0.25, 0.3) is 10.9 Å². The Labute approximate surface area is 235 Å². The number of hydrogen-bond donors (Lipinski definition) is 8. The van der Waals surface area contributed by atoms with E-state index in [-0.39, 0.29) is 25.2 Å². The van der Waals surface area contributed by atoms with Crippen LogP contribution in [-0.4, -0.2) is 79.0 Å². The van der Waals surface area contributed by atoms with Crippen molar-refractivity contribution in [2.75, 3.05) is 0 Å². The van der Waals surface area contributed by atoms with Crippen molar-refractivity contribution in [2.24, 2.45) is 11.7 Å².